The van der Waals surface area contributed by atoms with Crippen molar-refractivity contribution in [1.29, 1.82) is 0 Å². The van der Waals surface area contributed by atoms with Gasteiger partial charge >= 0.3 is 0 Å². The predicted molar refractivity (Wildman–Crippen MR) is 157 cm³/mol. The second kappa shape index (κ2) is 11.2. The molecule has 5 aromatic rings. The maximum Gasteiger partial charge on any atom is 0.0636 e. The Morgan fingerprint density at radius 2 is 0.970 bits per heavy atom. The Kier molecular flexibility index (Phi) is 8.04. The summed E-state index contributed by atoms with van der Waals surface area (Å²) in [6.07, 6.45) is 13.2. The van der Waals surface area contributed by atoms with Crippen LogP contribution in [-0.4, -0.2) is 0 Å². The number of thiophene rings is 5. The molecule has 0 saturated carbocycles. The minimum absolute atomic E-state index is 1.24. The molecule has 0 amide bonds. The zero-order valence-electron chi connectivity index (χ0n) is 19.6. The molecule has 5 heteroatoms. The number of hydrogen-bond donors (Lipinski definition) is 0. The van der Waals surface area contributed by atoms with Gasteiger partial charge in [0.05, 0.1) is 9.40 Å². The Hall–Kier alpha value is -0.980. The normalized spacial score (nSPS) is 11.9. The van der Waals surface area contributed by atoms with Crippen LogP contribution in [-0.2, 0) is 12.8 Å². The van der Waals surface area contributed by atoms with Crippen molar-refractivity contribution in [1.82, 2.24) is 0 Å². The Labute approximate surface area is 217 Å². The van der Waals surface area contributed by atoms with Gasteiger partial charge in [0.15, 0.2) is 0 Å². The third-order valence-electron chi connectivity index (χ3n) is 6.18. The predicted octanol–water partition coefficient (Wildman–Crippen LogP) is 11.9. The lowest BCUT2D eigenvalue weighted by molar-refractivity contribution is 0.670. The standard InChI is InChI=1S/C28H32S5/c1-3-5-7-9-11-19-13-15-21(29-19)23-17-25-27(32-23)28-26(31-25)18-24(33-28)22-16-14-20(30-22)12-10-8-6-4-2/h13-18H,3-12H2,1-2H3. The molecule has 0 N–H and O–H groups in total. The maximum absolute atomic E-state index is 2.43. The summed E-state index contributed by atoms with van der Waals surface area (Å²) in [5.41, 5.74) is 0. The van der Waals surface area contributed by atoms with Crippen LogP contribution in [0, 0.1) is 0 Å². The number of aryl methyl sites for hydroxylation is 2. The molecule has 5 aromatic heterocycles. The summed E-state index contributed by atoms with van der Waals surface area (Å²) < 4.78 is 5.91. The maximum atomic E-state index is 2.43. The first kappa shape index (κ1) is 23.7. The van der Waals surface area contributed by atoms with Gasteiger partial charge in [0.2, 0.25) is 0 Å². The van der Waals surface area contributed by atoms with Crippen LogP contribution in [0.4, 0.5) is 0 Å². The van der Waals surface area contributed by atoms with E-state index in [0.29, 0.717) is 0 Å². The minimum atomic E-state index is 1.24. The zero-order valence-corrected chi connectivity index (χ0v) is 23.7. The first-order valence-corrected chi connectivity index (χ1v) is 16.5. The van der Waals surface area contributed by atoms with Crippen LogP contribution in [0.1, 0.15) is 75.0 Å². The second-order valence-corrected chi connectivity index (χ2v) is 14.4. The molecule has 5 heterocycles. The lowest BCUT2D eigenvalue weighted by Crippen LogP contribution is -1.80. The van der Waals surface area contributed by atoms with E-state index in [1.807, 2.05) is 56.7 Å². The van der Waals surface area contributed by atoms with Gasteiger partial charge in [0.1, 0.15) is 0 Å². The van der Waals surface area contributed by atoms with Crippen LogP contribution in [0.5, 0.6) is 0 Å². The average Bonchev–Trinajstić information content (AvgIpc) is 3.60. The van der Waals surface area contributed by atoms with E-state index in [9.17, 15) is 0 Å². The summed E-state index contributed by atoms with van der Waals surface area (Å²) in [7, 11) is 0. The van der Waals surface area contributed by atoms with Gasteiger partial charge in [-0.2, -0.15) is 0 Å². The highest BCUT2D eigenvalue weighted by Crippen LogP contribution is 2.49. The molecule has 0 spiro atoms. The molecule has 0 fully saturated rings. The third-order valence-corrected chi connectivity index (χ3v) is 12.6. The summed E-state index contributed by atoms with van der Waals surface area (Å²) in [4.78, 5) is 8.88. The summed E-state index contributed by atoms with van der Waals surface area (Å²) in [5, 5.41) is 0. The van der Waals surface area contributed by atoms with Crippen LogP contribution in [0.2, 0.25) is 0 Å². The van der Waals surface area contributed by atoms with Crippen LogP contribution < -0.4 is 0 Å². The monoisotopic (exact) mass is 528 g/mol. The average molecular weight is 529 g/mol. The molecule has 0 radical (unpaired) electrons. The number of fused-ring (bicyclic) bond motifs is 3. The molecule has 0 unspecified atom stereocenters. The molecule has 0 bridgehead atoms. The van der Waals surface area contributed by atoms with Crippen molar-refractivity contribution in [2.45, 2.75) is 78.1 Å². The van der Waals surface area contributed by atoms with Crippen LogP contribution in [0.25, 0.3) is 38.3 Å². The second-order valence-electron chi connectivity index (χ2n) is 8.86. The van der Waals surface area contributed by atoms with Gasteiger partial charge in [-0.25, -0.2) is 0 Å². The summed E-state index contributed by atoms with van der Waals surface area (Å²) >= 11 is 9.97. The molecule has 0 atom stereocenters. The molecule has 0 saturated heterocycles. The van der Waals surface area contributed by atoms with Crippen molar-refractivity contribution in [2.75, 3.05) is 0 Å². The smallest absolute Gasteiger partial charge is 0.0636 e. The Morgan fingerprint density at radius 1 is 0.485 bits per heavy atom. The molecule has 0 aliphatic carbocycles. The highest BCUT2D eigenvalue weighted by molar-refractivity contribution is 7.41. The summed E-state index contributed by atoms with van der Waals surface area (Å²) in [6.45, 7) is 4.57. The Morgan fingerprint density at radius 3 is 1.42 bits per heavy atom. The van der Waals surface area contributed by atoms with E-state index in [4.69, 9.17) is 0 Å². The van der Waals surface area contributed by atoms with E-state index in [1.54, 1.807) is 9.75 Å². The first-order valence-electron chi connectivity index (χ1n) is 12.4. The van der Waals surface area contributed by atoms with Gasteiger partial charge < -0.3 is 0 Å². The largest absolute Gasteiger partial charge is 0.139 e. The summed E-state index contributed by atoms with van der Waals surface area (Å²) in [5.74, 6) is 0. The van der Waals surface area contributed by atoms with Gasteiger partial charge in [-0.3, -0.25) is 0 Å². The van der Waals surface area contributed by atoms with Gasteiger partial charge in [-0.1, -0.05) is 52.4 Å². The number of unbranched alkanes of at least 4 members (excludes halogenated alkanes) is 6. The van der Waals surface area contributed by atoms with Crippen LogP contribution >= 0.6 is 56.7 Å². The van der Waals surface area contributed by atoms with Gasteiger partial charge in [-0.15, -0.1) is 56.7 Å². The molecule has 174 valence electrons. The SMILES string of the molecule is CCCCCCc1ccc(-c2cc3sc4cc(-c5ccc(CCCCCC)s5)sc4c3s2)s1. The third kappa shape index (κ3) is 5.48. The number of rotatable bonds is 12. The topological polar surface area (TPSA) is 0 Å². The van der Waals surface area contributed by atoms with Gasteiger partial charge in [0, 0.05) is 38.7 Å². The molecular weight excluding hydrogens is 497 g/mol. The highest BCUT2D eigenvalue weighted by atomic mass is 32.1. The van der Waals surface area contributed by atoms with E-state index < -0.39 is 0 Å². The molecule has 0 aliphatic heterocycles. The van der Waals surface area contributed by atoms with Crippen LogP contribution in [0.15, 0.2) is 36.4 Å². The van der Waals surface area contributed by atoms with E-state index in [2.05, 4.69) is 50.2 Å². The first-order chi connectivity index (χ1) is 16.2. The fourth-order valence-electron chi connectivity index (χ4n) is 4.32. The van der Waals surface area contributed by atoms with Crippen molar-refractivity contribution < 1.29 is 0 Å². The molecule has 0 aromatic carbocycles. The highest BCUT2D eigenvalue weighted by Gasteiger charge is 2.16. The minimum Gasteiger partial charge on any atom is -0.139 e. The van der Waals surface area contributed by atoms with E-state index in [-0.39, 0.29) is 0 Å². The van der Waals surface area contributed by atoms with E-state index >= 15 is 0 Å². The molecule has 0 aliphatic rings. The lowest BCUT2D eigenvalue weighted by atomic mass is 10.1. The zero-order chi connectivity index (χ0) is 22.6. The number of hydrogen-bond acceptors (Lipinski definition) is 5. The van der Waals surface area contributed by atoms with Crippen molar-refractivity contribution in [3.8, 4) is 19.5 Å². The molecule has 5 rings (SSSR count). The van der Waals surface area contributed by atoms with Crippen LogP contribution in [0.3, 0.4) is 0 Å². The molecular formula is C28H32S5. The van der Waals surface area contributed by atoms with Crippen molar-refractivity contribution in [3.63, 3.8) is 0 Å². The van der Waals surface area contributed by atoms with E-state index in [0.717, 1.165) is 0 Å². The van der Waals surface area contributed by atoms with Gasteiger partial charge in [-0.05, 0) is 62.1 Å². The van der Waals surface area contributed by atoms with Crippen molar-refractivity contribution in [2.24, 2.45) is 0 Å². The van der Waals surface area contributed by atoms with E-state index in [1.165, 1.54) is 103 Å². The molecule has 33 heavy (non-hydrogen) atoms. The quantitative estimate of drug-likeness (QED) is 0.141. The van der Waals surface area contributed by atoms with Crippen molar-refractivity contribution in [3.05, 3.63) is 46.2 Å². The van der Waals surface area contributed by atoms with Gasteiger partial charge in [0.25, 0.3) is 0 Å². The fourth-order valence-corrected chi connectivity index (χ4v) is 10.6. The lowest BCUT2D eigenvalue weighted by Gasteiger charge is -1.96. The molecule has 0 nitrogen and oxygen atoms in total. The summed E-state index contributed by atoms with van der Waals surface area (Å²) in [6, 6.07) is 14.3. The Balaban J connectivity index is 1.31. The fraction of sp³-hybridized carbons (Fsp3) is 0.429. The van der Waals surface area contributed by atoms with Crippen molar-refractivity contribution >= 4 is 75.5 Å². The Bertz CT molecular complexity index is 1210.